The van der Waals surface area contributed by atoms with E-state index in [0.717, 1.165) is 27.9 Å². The Morgan fingerprint density at radius 3 is 1.63 bits per heavy atom. The molecule has 49 heavy (non-hydrogen) atoms. The van der Waals surface area contributed by atoms with Gasteiger partial charge in [-0.2, -0.15) is 0 Å². The van der Waals surface area contributed by atoms with E-state index in [1.165, 1.54) is 48.6 Å². The summed E-state index contributed by atoms with van der Waals surface area (Å²) in [6, 6.07) is 59.8. The van der Waals surface area contributed by atoms with Crippen LogP contribution in [0.4, 0.5) is 0 Å². The second kappa shape index (κ2) is 11.0. The monoisotopic (exact) mass is 624 g/mol. The molecule has 0 saturated heterocycles. The van der Waals surface area contributed by atoms with E-state index in [4.69, 9.17) is 15.0 Å². The molecule has 2 heterocycles. The summed E-state index contributed by atoms with van der Waals surface area (Å²) in [5.41, 5.74) is 6.24. The van der Waals surface area contributed by atoms with Crippen LogP contribution in [0.1, 0.15) is 0 Å². The first kappa shape index (κ1) is 27.5. The van der Waals surface area contributed by atoms with Crippen molar-refractivity contribution >= 4 is 54.1 Å². The van der Waals surface area contributed by atoms with Crippen molar-refractivity contribution < 1.29 is 0 Å². The van der Waals surface area contributed by atoms with Gasteiger partial charge in [0.1, 0.15) is 0 Å². The maximum atomic E-state index is 5.03. The normalized spacial score (nSPS) is 11.7. The number of aromatic nitrogens is 4. The van der Waals surface area contributed by atoms with Gasteiger partial charge < -0.3 is 4.57 Å². The standard InChI is InChI=1S/C45H28N4/c1-3-13-31(14-4-1)43-46-44(32-15-5-2-6-16-32)48-45(47-43)33-17-11-18-34(28-33)49-40-21-10-9-20-37(40)39-27-24-30-23-25-36-35-19-8-7-12-29(35)22-26-38(36)41(30)42(39)49/h1-28H. The molecule has 10 aromatic rings. The predicted molar refractivity (Wildman–Crippen MR) is 203 cm³/mol. The highest BCUT2D eigenvalue weighted by Gasteiger charge is 2.18. The maximum absolute atomic E-state index is 5.03. The third kappa shape index (κ3) is 4.42. The summed E-state index contributed by atoms with van der Waals surface area (Å²) in [5, 5.41) is 9.94. The van der Waals surface area contributed by atoms with Crippen LogP contribution in [0.3, 0.4) is 0 Å². The Kier molecular flexibility index (Phi) is 6.15. The van der Waals surface area contributed by atoms with E-state index in [2.05, 4.69) is 114 Å². The molecule has 0 unspecified atom stereocenters. The first-order valence-corrected chi connectivity index (χ1v) is 16.5. The zero-order chi connectivity index (χ0) is 32.3. The highest BCUT2D eigenvalue weighted by atomic mass is 15.0. The molecule has 4 nitrogen and oxygen atoms in total. The molecule has 0 atom stereocenters. The third-order valence-corrected chi connectivity index (χ3v) is 9.60. The summed E-state index contributed by atoms with van der Waals surface area (Å²) in [7, 11) is 0. The molecule has 0 fully saturated rings. The smallest absolute Gasteiger partial charge is 0.164 e. The average Bonchev–Trinajstić information content (AvgIpc) is 3.53. The molecule has 2 aromatic heterocycles. The summed E-state index contributed by atoms with van der Waals surface area (Å²) in [5.74, 6) is 1.94. The Bertz CT molecular complexity index is 2820. The van der Waals surface area contributed by atoms with Gasteiger partial charge in [0.25, 0.3) is 0 Å². The minimum absolute atomic E-state index is 0.636. The van der Waals surface area contributed by atoms with Crippen molar-refractivity contribution in [2.45, 2.75) is 0 Å². The molecular formula is C45H28N4. The van der Waals surface area contributed by atoms with Gasteiger partial charge in [-0.15, -0.1) is 0 Å². The highest BCUT2D eigenvalue weighted by molar-refractivity contribution is 6.28. The van der Waals surface area contributed by atoms with Crippen LogP contribution in [0.2, 0.25) is 0 Å². The van der Waals surface area contributed by atoms with E-state index in [1.807, 2.05) is 60.7 Å². The number of fused-ring (bicyclic) bond motifs is 9. The molecule has 0 spiro atoms. The Hall–Kier alpha value is -6.65. The minimum atomic E-state index is 0.636. The summed E-state index contributed by atoms with van der Waals surface area (Å²) in [6.07, 6.45) is 0. The van der Waals surface area contributed by atoms with Gasteiger partial charge in [0.15, 0.2) is 17.5 Å². The molecule has 0 bridgehead atoms. The van der Waals surface area contributed by atoms with Crippen molar-refractivity contribution in [1.82, 2.24) is 19.5 Å². The highest BCUT2D eigenvalue weighted by Crippen LogP contribution is 2.41. The zero-order valence-corrected chi connectivity index (χ0v) is 26.5. The number of hydrogen-bond acceptors (Lipinski definition) is 3. The van der Waals surface area contributed by atoms with Gasteiger partial charge in [0, 0.05) is 38.5 Å². The maximum Gasteiger partial charge on any atom is 0.164 e. The van der Waals surface area contributed by atoms with Crippen molar-refractivity contribution in [2.24, 2.45) is 0 Å². The van der Waals surface area contributed by atoms with Crippen LogP contribution in [0.25, 0.3) is 94.0 Å². The lowest BCUT2D eigenvalue weighted by atomic mass is 9.95. The topological polar surface area (TPSA) is 43.6 Å². The number of nitrogens with zero attached hydrogens (tertiary/aromatic N) is 4. The van der Waals surface area contributed by atoms with Crippen LogP contribution >= 0.6 is 0 Å². The van der Waals surface area contributed by atoms with Crippen LogP contribution in [0, 0.1) is 0 Å². The fourth-order valence-electron chi connectivity index (χ4n) is 7.35. The molecule has 8 aromatic carbocycles. The summed E-state index contributed by atoms with van der Waals surface area (Å²) in [6.45, 7) is 0. The van der Waals surface area contributed by atoms with Crippen molar-refractivity contribution in [3.8, 4) is 39.9 Å². The van der Waals surface area contributed by atoms with Gasteiger partial charge in [-0.3, -0.25) is 0 Å². The van der Waals surface area contributed by atoms with Gasteiger partial charge in [0.05, 0.1) is 11.0 Å². The SMILES string of the molecule is c1ccc(-c2nc(-c3ccccc3)nc(-c3cccc(-n4c5ccccc5c5ccc6ccc7c8ccccc8ccc7c6c54)c3)n2)cc1. The first-order valence-electron chi connectivity index (χ1n) is 16.5. The van der Waals surface area contributed by atoms with Crippen molar-refractivity contribution in [3.05, 3.63) is 170 Å². The quantitative estimate of drug-likeness (QED) is 0.183. The van der Waals surface area contributed by atoms with E-state index in [-0.39, 0.29) is 0 Å². The predicted octanol–water partition coefficient (Wildman–Crippen LogP) is 11.4. The van der Waals surface area contributed by atoms with Gasteiger partial charge in [0.2, 0.25) is 0 Å². The third-order valence-electron chi connectivity index (χ3n) is 9.60. The second-order valence-electron chi connectivity index (χ2n) is 12.4. The van der Waals surface area contributed by atoms with E-state index in [9.17, 15) is 0 Å². The molecular weight excluding hydrogens is 597 g/mol. The first-order chi connectivity index (χ1) is 24.3. The summed E-state index contributed by atoms with van der Waals surface area (Å²) >= 11 is 0. The van der Waals surface area contributed by atoms with Crippen LogP contribution in [-0.2, 0) is 0 Å². The summed E-state index contributed by atoms with van der Waals surface area (Å²) in [4.78, 5) is 15.0. The van der Waals surface area contributed by atoms with Crippen LogP contribution in [0.15, 0.2) is 170 Å². The molecule has 0 amide bonds. The molecule has 0 radical (unpaired) electrons. The van der Waals surface area contributed by atoms with Gasteiger partial charge in [-0.05, 0) is 45.1 Å². The zero-order valence-electron chi connectivity index (χ0n) is 26.5. The van der Waals surface area contributed by atoms with Crippen molar-refractivity contribution in [3.63, 3.8) is 0 Å². The molecule has 228 valence electrons. The molecule has 10 rings (SSSR count). The fourth-order valence-corrected chi connectivity index (χ4v) is 7.35. The van der Waals surface area contributed by atoms with Crippen LogP contribution in [-0.4, -0.2) is 19.5 Å². The fraction of sp³-hybridized carbons (Fsp3) is 0. The Morgan fingerprint density at radius 2 is 0.898 bits per heavy atom. The largest absolute Gasteiger partial charge is 0.309 e. The molecule has 0 aliphatic heterocycles. The average molecular weight is 625 g/mol. The number of rotatable bonds is 4. The van der Waals surface area contributed by atoms with E-state index < -0.39 is 0 Å². The Labute approximate surface area is 282 Å². The molecule has 4 heteroatoms. The number of para-hydroxylation sites is 1. The lowest BCUT2D eigenvalue weighted by Crippen LogP contribution is -2.01. The molecule has 0 N–H and O–H groups in total. The van der Waals surface area contributed by atoms with E-state index in [0.29, 0.717) is 17.5 Å². The Balaban J connectivity index is 1.26. The molecule has 0 aliphatic rings. The van der Waals surface area contributed by atoms with Crippen molar-refractivity contribution in [2.75, 3.05) is 0 Å². The van der Waals surface area contributed by atoms with Crippen molar-refractivity contribution in [1.29, 1.82) is 0 Å². The van der Waals surface area contributed by atoms with Crippen LogP contribution < -0.4 is 0 Å². The van der Waals surface area contributed by atoms with Crippen LogP contribution in [0.5, 0.6) is 0 Å². The van der Waals surface area contributed by atoms with E-state index >= 15 is 0 Å². The lowest BCUT2D eigenvalue weighted by Gasteiger charge is -2.14. The Morgan fingerprint density at radius 1 is 0.347 bits per heavy atom. The van der Waals surface area contributed by atoms with Gasteiger partial charge in [-0.1, -0.05) is 152 Å². The molecule has 0 saturated carbocycles. The number of hydrogen-bond donors (Lipinski definition) is 0. The van der Waals surface area contributed by atoms with Gasteiger partial charge in [-0.25, -0.2) is 15.0 Å². The van der Waals surface area contributed by atoms with Gasteiger partial charge >= 0.3 is 0 Å². The lowest BCUT2D eigenvalue weighted by molar-refractivity contribution is 1.07. The molecule has 0 aliphatic carbocycles. The summed E-state index contributed by atoms with van der Waals surface area (Å²) < 4.78 is 2.42. The number of benzene rings is 8. The van der Waals surface area contributed by atoms with E-state index in [1.54, 1.807) is 0 Å². The minimum Gasteiger partial charge on any atom is -0.309 e. The second-order valence-corrected chi connectivity index (χ2v) is 12.4.